The van der Waals surface area contributed by atoms with Crippen LogP contribution in [0.4, 0.5) is 0 Å². The Labute approximate surface area is 78.2 Å². The van der Waals surface area contributed by atoms with Crippen LogP contribution in [-0.2, 0) is 11.2 Å². The van der Waals surface area contributed by atoms with Crippen LogP contribution in [0.1, 0.15) is 30.6 Å². The minimum Gasteiger partial charge on any atom is -0.388 e. The van der Waals surface area contributed by atoms with Crippen LogP contribution in [0, 0.1) is 0 Å². The van der Waals surface area contributed by atoms with Gasteiger partial charge in [0.25, 0.3) is 0 Å². The van der Waals surface area contributed by atoms with E-state index in [4.69, 9.17) is 0 Å². The zero-order chi connectivity index (χ0) is 9.68. The van der Waals surface area contributed by atoms with E-state index in [0.29, 0.717) is 0 Å². The normalized spacial score (nSPS) is 12.5. The Morgan fingerprint density at radius 1 is 1.46 bits per heavy atom. The van der Waals surface area contributed by atoms with Gasteiger partial charge in [-0.05, 0) is 17.5 Å². The van der Waals surface area contributed by atoms with Gasteiger partial charge in [0.1, 0.15) is 6.29 Å². The van der Waals surface area contributed by atoms with Gasteiger partial charge in [-0.15, -0.1) is 0 Å². The largest absolute Gasteiger partial charge is 0.388 e. The molecule has 13 heavy (non-hydrogen) atoms. The number of benzene rings is 1. The lowest BCUT2D eigenvalue weighted by molar-refractivity contribution is -0.109. The molecule has 70 valence electrons. The number of aliphatic hydroxyl groups is 1. The minimum absolute atomic E-state index is 0.178. The van der Waals surface area contributed by atoms with Crippen LogP contribution in [-0.4, -0.2) is 11.4 Å². The van der Waals surface area contributed by atoms with E-state index < -0.39 is 6.10 Å². The van der Waals surface area contributed by atoms with Gasteiger partial charge in [-0.2, -0.15) is 0 Å². The summed E-state index contributed by atoms with van der Waals surface area (Å²) >= 11 is 0. The molecule has 0 bridgehead atoms. The number of hydrogen-bond donors (Lipinski definition) is 1. The van der Waals surface area contributed by atoms with Crippen LogP contribution in [0.15, 0.2) is 24.3 Å². The number of aryl methyl sites for hydroxylation is 1. The zero-order valence-corrected chi connectivity index (χ0v) is 7.73. The Balaban J connectivity index is 2.91. The molecule has 1 rings (SSSR count). The molecule has 1 unspecified atom stereocenters. The summed E-state index contributed by atoms with van der Waals surface area (Å²) in [7, 11) is 0. The standard InChI is InChI=1S/C11H14O2/c1-2-9-5-3-4-6-10(9)11(13)7-8-12/h3-6,8,11,13H,2,7H2,1H3. The predicted octanol–water partition coefficient (Wildman–Crippen LogP) is 1.87. The Morgan fingerprint density at radius 3 is 2.77 bits per heavy atom. The summed E-state index contributed by atoms with van der Waals surface area (Å²) in [6.45, 7) is 2.03. The van der Waals surface area contributed by atoms with Crippen molar-refractivity contribution >= 4 is 6.29 Å². The second kappa shape index (κ2) is 4.77. The van der Waals surface area contributed by atoms with Crippen molar-refractivity contribution in [3.8, 4) is 0 Å². The molecule has 0 heterocycles. The van der Waals surface area contributed by atoms with Crippen LogP contribution in [0.2, 0.25) is 0 Å². The zero-order valence-electron chi connectivity index (χ0n) is 7.73. The van der Waals surface area contributed by atoms with Crippen molar-refractivity contribution in [1.82, 2.24) is 0 Å². The molecule has 0 fully saturated rings. The fourth-order valence-corrected chi connectivity index (χ4v) is 1.40. The lowest BCUT2D eigenvalue weighted by Crippen LogP contribution is -2.01. The molecule has 1 aromatic carbocycles. The molecule has 0 saturated heterocycles. The molecule has 0 aliphatic rings. The number of carbonyl (C=O) groups excluding carboxylic acids is 1. The monoisotopic (exact) mass is 178 g/mol. The third kappa shape index (κ3) is 2.39. The fourth-order valence-electron chi connectivity index (χ4n) is 1.40. The first kappa shape index (κ1) is 9.93. The van der Waals surface area contributed by atoms with Crippen LogP contribution in [0.25, 0.3) is 0 Å². The molecule has 0 radical (unpaired) electrons. The van der Waals surface area contributed by atoms with Gasteiger partial charge in [-0.3, -0.25) is 0 Å². The highest BCUT2D eigenvalue weighted by molar-refractivity contribution is 5.51. The molecule has 0 spiro atoms. The van der Waals surface area contributed by atoms with E-state index in [0.717, 1.165) is 23.8 Å². The van der Waals surface area contributed by atoms with E-state index in [1.54, 1.807) is 0 Å². The molecule has 1 N–H and O–H groups in total. The molecule has 0 aliphatic heterocycles. The van der Waals surface area contributed by atoms with Gasteiger partial charge >= 0.3 is 0 Å². The Kier molecular flexibility index (Phi) is 3.65. The van der Waals surface area contributed by atoms with Crippen molar-refractivity contribution in [3.63, 3.8) is 0 Å². The maximum absolute atomic E-state index is 10.2. The smallest absolute Gasteiger partial charge is 0.122 e. The van der Waals surface area contributed by atoms with Crippen molar-refractivity contribution in [3.05, 3.63) is 35.4 Å². The van der Waals surface area contributed by atoms with Crippen molar-refractivity contribution in [1.29, 1.82) is 0 Å². The van der Waals surface area contributed by atoms with Gasteiger partial charge in [0, 0.05) is 6.42 Å². The molecule has 0 amide bonds. The topological polar surface area (TPSA) is 37.3 Å². The summed E-state index contributed by atoms with van der Waals surface area (Å²) in [5, 5.41) is 9.60. The van der Waals surface area contributed by atoms with Gasteiger partial charge in [0.15, 0.2) is 0 Å². The number of aldehydes is 1. The van der Waals surface area contributed by atoms with Crippen molar-refractivity contribution in [2.45, 2.75) is 25.9 Å². The SMILES string of the molecule is CCc1ccccc1C(O)CC=O. The van der Waals surface area contributed by atoms with Crippen LogP contribution in [0.3, 0.4) is 0 Å². The number of aliphatic hydroxyl groups excluding tert-OH is 1. The number of hydrogen-bond acceptors (Lipinski definition) is 2. The summed E-state index contributed by atoms with van der Waals surface area (Å²) in [5.74, 6) is 0. The molecule has 0 aliphatic carbocycles. The molecular formula is C11H14O2. The molecule has 2 nitrogen and oxygen atoms in total. The average Bonchev–Trinajstić information content (AvgIpc) is 2.18. The number of rotatable bonds is 4. The molecule has 0 aromatic heterocycles. The summed E-state index contributed by atoms with van der Waals surface area (Å²) in [6.07, 6.45) is 1.16. The van der Waals surface area contributed by atoms with E-state index in [-0.39, 0.29) is 6.42 Å². The maximum Gasteiger partial charge on any atom is 0.122 e. The molecule has 2 heteroatoms. The lowest BCUT2D eigenvalue weighted by atomic mass is 9.99. The predicted molar refractivity (Wildman–Crippen MR) is 51.5 cm³/mol. The molecule has 1 atom stereocenters. The first-order chi connectivity index (χ1) is 6.29. The van der Waals surface area contributed by atoms with E-state index in [1.807, 2.05) is 31.2 Å². The van der Waals surface area contributed by atoms with E-state index in [9.17, 15) is 9.90 Å². The molecule has 1 aromatic rings. The molecule has 0 saturated carbocycles. The van der Waals surface area contributed by atoms with Gasteiger partial charge in [0.05, 0.1) is 6.10 Å². The summed E-state index contributed by atoms with van der Waals surface area (Å²) in [5.41, 5.74) is 1.98. The first-order valence-corrected chi connectivity index (χ1v) is 4.49. The van der Waals surface area contributed by atoms with Crippen molar-refractivity contribution in [2.75, 3.05) is 0 Å². The molecular weight excluding hydrogens is 164 g/mol. The second-order valence-corrected chi connectivity index (χ2v) is 2.97. The van der Waals surface area contributed by atoms with Gasteiger partial charge in [-0.1, -0.05) is 31.2 Å². The Morgan fingerprint density at radius 2 is 2.15 bits per heavy atom. The van der Waals surface area contributed by atoms with Gasteiger partial charge < -0.3 is 9.90 Å². The third-order valence-corrected chi connectivity index (χ3v) is 2.11. The quantitative estimate of drug-likeness (QED) is 0.715. The summed E-state index contributed by atoms with van der Waals surface area (Å²) in [4.78, 5) is 10.2. The van der Waals surface area contributed by atoms with Gasteiger partial charge in [0.2, 0.25) is 0 Å². The van der Waals surface area contributed by atoms with E-state index in [1.165, 1.54) is 0 Å². The lowest BCUT2D eigenvalue weighted by Gasteiger charge is -2.11. The Hall–Kier alpha value is -1.15. The minimum atomic E-state index is -0.645. The van der Waals surface area contributed by atoms with Crippen LogP contribution >= 0.6 is 0 Å². The van der Waals surface area contributed by atoms with Crippen molar-refractivity contribution < 1.29 is 9.90 Å². The van der Waals surface area contributed by atoms with Crippen molar-refractivity contribution in [2.24, 2.45) is 0 Å². The summed E-state index contributed by atoms with van der Waals surface area (Å²) in [6, 6.07) is 7.66. The maximum atomic E-state index is 10.2. The van der Waals surface area contributed by atoms with Crippen LogP contribution in [0.5, 0.6) is 0 Å². The highest BCUT2D eigenvalue weighted by Crippen LogP contribution is 2.20. The van der Waals surface area contributed by atoms with E-state index >= 15 is 0 Å². The summed E-state index contributed by atoms with van der Waals surface area (Å²) < 4.78 is 0. The third-order valence-electron chi connectivity index (χ3n) is 2.11. The number of carbonyl (C=O) groups is 1. The fraction of sp³-hybridized carbons (Fsp3) is 0.364. The highest BCUT2D eigenvalue weighted by Gasteiger charge is 2.09. The Bertz CT molecular complexity index is 281. The van der Waals surface area contributed by atoms with Gasteiger partial charge in [-0.25, -0.2) is 0 Å². The second-order valence-electron chi connectivity index (χ2n) is 2.97. The van der Waals surface area contributed by atoms with E-state index in [2.05, 4.69) is 0 Å². The van der Waals surface area contributed by atoms with Crippen LogP contribution < -0.4 is 0 Å². The highest BCUT2D eigenvalue weighted by atomic mass is 16.3. The average molecular weight is 178 g/mol. The first-order valence-electron chi connectivity index (χ1n) is 4.49.